The molecular formula is C12H15F2NO. The van der Waals surface area contributed by atoms with Gasteiger partial charge in [0.2, 0.25) is 0 Å². The Kier molecular flexibility index (Phi) is 2.24. The second kappa shape index (κ2) is 3.17. The summed E-state index contributed by atoms with van der Waals surface area (Å²) < 4.78 is 25.7. The van der Waals surface area contributed by atoms with E-state index in [-0.39, 0.29) is 18.6 Å². The van der Waals surface area contributed by atoms with Gasteiger partial charge in [-0.05, 0) is 30.5 Å². The maximum absolute atomic E-state index is 12.9. The molecule has 0 atom stereocenters. The third-order valence-corrected chi connectivity index (χ3v) is 3.21. The van der Waals surface area contributed by atoms with Gasteiger partial charge in [-0.25, -0.2) is 8.78 Å². The lowest BCUT2D eigenvalue weighted by Gasteiger charge is -2.45. The fraction of sp³-hybridized carbons (Fsp3) is 0.500. The van der Waals surface area contributed by atoms with Crippen LogP contribution < -0.4 is 5.73 Å². The van der Waals surface area contributed by atoms with Crippen LogP contribution in [-0.2, 0) is 5.54 Å². The molecule has 0 spiro atoms. The molecule has 0 heterocycles. The van der Waals surface area contributed by atoms with Crippen LogP contribution in [0.4, 0.5) is 8.78 Å². The zero-order valence-electron chi connectivity index (χ0n) is 9.35. The summed E-state index contributed by atoms with van der Waals surface area (Å²) in [5.74, 6) is -2.44. The minimum absolute atomic E-state index is 0.207. The van der Waals surface area contributed by atoms with Crippen molar-refractivity contribution in [3.05, 3.63) is 28.8 Å². The number of rotatable bonds is 1. The number of aromatic hydroxyl groups is 1. The number of hydrogen-bond donors (Lipinski definition) is 2. The Morgan fingerprint density at radius 1 is 1.19 bits per heavy atom. The van der Waals surface area contributed by atoms with Crippen LogP contribution in [0.2, 0.25) is 0 Å². The van der Waals surface area contributed by atoms with E-state index < -0.39 is 11.5 Å². The first-order valence-electron chi connectivity index (χ1n) is 5.21. The molecule has 1 aliphatic rings. The molecule has 1 fully saturated rings. The first-order chi connectivity index (χ1) is 7.23. The van der Waals surface area contributed by atoms with Crippen molar-refractivity contribution in [2.75, 3.05) is 0 Å². The van der Waals surface area contributed by atoms with Crippen molar-refractivity contribution in [2.24, 2.45) is 5.73 Å². The Labute approximate surface area is 93.1 Å². The third kappa shape index (κ3) is 1.67. The molecule has 2 nitrogen and oxygen atoms in total. The summed E-state index contributed by atoms with van der Waals surface area (Å²) in [4.78, 5) is 0. The summed E-state index contributed by atoms with van der Waals surface area (Å²) in [5, 5.41) is 9.60. The highest BCUT2D eigenvalue weighted by molar-refractivity contribution is 5.45. The molecule has 1 saturated carbocycles. The van der Waals surface area contributed by atoms with Crippen molar-refractivity contribution in [1.82, 2.24) is 0 Å². The SMILES string of the molecule is Cc1cc(C2(N)CC(F)(F)C2)cc(C)c1O. The lowest BCUT2D eigenvalue weighted by atomic mass is 9.69. The van der Waals surface area contributed by atoms with Crippen LogP contribution in [0, 0.1) is 13.8 Å². The van der Waals surface area contributed by atoms with Gasteiger partial charge in [0.1, 0.15) is 5.75 Å². The van der Waals surface area contributed by atoms with Crippen molar-refractivity contribution in [2.45, 2.75) is 38.2 Å². The van der Waals surface area contributed by atoms with Gasteiger partial charge in [0, 0.05) is 12.8 Å². The zero-order chi connectivity index (χ0) is 12.1. The highest BCUT2D eigenvalue weighted by atomic mass is 19.3. The molecule has 0 unspecified atom stereocenters. The normalized spacial score (nSPS) is 21.6. The smallest absolute Gasteiger partial charge is 0.252 e. The molecule has 2 rings (SSSR count). The Morgan fingerprint density at radius 2 is 1.62 bits per heavy atom. The molecule has 1 aliphatic carbocycles. The monoisotopic (exact) mass is 227 g/mol. The molecule has 0 saturated heterocycles. The molecule has 4 heteroatoms. The van der Waals surface area contributed by atoms with E-state index in [4.69, 9.17) is 5.73 Å². The molecule has 0 amide bonds. The number of phenolic OH excluding ortho intramolecular Hbond substituents is 1. The Bertz CT molecular complexity index is 412. The topological polar surface area (TPSA) is 46.2 Å². The van der Waals surface area contributed by atoms with Gasteiger partial charge >= 0.3 is 0 Å². The number of alkyl halides is 2. The fourth-order valence-corrected chi connectivity index (χ4v) is 2.32. The van der Waals surface area contributed by atoms with Gasteiger partial charge < -0.3 is 10.8 Å². The Balaban J connectivity index is 2.36. The number of nitrogens with two attached hydrogens (primary N) is 1. The van der Waals surface area contributed by atoms with Gasteiger partial charge in [0.15, 0.2) is 0 Å². The summed E-state index contributed by atoms with van der Waals surface area (Å²) in [5.41, 5.74) is 7.03. The second-order valence-corrected chi connectivity index (χ2v) is 4.82. The van der Waals surface area contributed by atoms with Crippen LogP contribution in [0.5, 0.6) is 5.75 Å². The van der Waals surface area contributed by atoms with E-state index in [2.05, 4.69) is 0 Å². The van der Waals surface area contributed by atoms with E-state index in [1.807, 2.05) is 0 Å². The van der Waals surface area contributed by atoms with Crippen molar-refractivity contribution in [3.8, 4) is 5.75 Å². The Morgan fingerprint density at radius 3 is 2.00 bits per heavy atom. The van der Waals surface area contributed by atoms with Crippen LogP contribution in [0.3, 0.4) is 0 Å². The average molecular weight is 227 g/mol. The summed E-state index contributed by atoms with van der Waals surface area (Å²) >= 11 is 0. The molecule has 1 aromatic rings. The summed E-state index contributed by atoms with van der Waals surface area (Å²) in [7, 11) is 0. The molecule has 3 N–H and O–H groups in total. The number of halogens is 2. The van der Waals surface area contributed by atoms with E-state index in [0.717, 1.165) is 0 Å². The van der Waals surface area contributed by atoms with Gasteiger partial charge in [-0.1, -0.05) is 12.1 Å². The molecule has 0 bridgehead atoms. The molecular weight excluding hydrogens is 212 g/mol. The molecule has 1 aromatic carbocycles. The minimum Gasteiger partial charge on any atom is -0.507 e. The minimum atomic E-state index is -2.64. The van der Waals surface area contributed by atoms with Crippen LogP contribution in [0.25, 0.3) is 0 Å². The molecule has 0 aliphatic heterocycles. The van der Waals surface area contributed by atoms with Crippen molar-refractivity contribution >= 4 is 0 Å². The van der Waals surface area contributed by atoms with E-state index in [9.17, 15) is 13.9 Å². The standard InChI is InChI=1S/C12H15F2NO/c1-7-3-9(4-8(2)10(7)16)11(15)5-12(13,14)6-11/h3-4,16H,5-6,15H2,1-2H3. The molecule has 88 valence electrons. The van der Waals surface area contributed by atoms with Crippen molar-refractivity contribution in [3.63, 3.8) is 0 Å². The maximum atomic E-state index is 12.9. The van der Waals surface area contributed by atoms with E-state index >= 15 is 0 Å². The predicted molar refractivity (Wildman–Crippen MR) is 57.6 cm³/mol. The van der Waals surface area contributed by atoms with Gasteiger partial charge in [-0.2, -0.15) is 0 Å². The molecule has 0 aromatic heterocycles. The Hall–Kier alpha value is -1.16. The highest BCUT2D eigenvalue weighted by Crippen LogP contribution is 2.50. The maximum Gasteiger partial charge on any atom is 0.252 e. The lowest BCUT2D eigenvalue weighted by molar-refractivity contribution is -0.125. The molecule has 16 heavy (non-hydrogen) atoms. The largest absolute Gasteiger partial charge is 0.507 e. The summed E-state index contributed by atoms with van der Waals surface area (Å²) in [6.07, 6.45) is -0.632. The van der Waals surface area contributed by atoms with Crippen molar-refractivity contribution < 1.29 is 13.9 Å². The van der Waals surface area contributed by atoms with E-state index in [1.54, 1.807) is 26.0 Å². The van der Waals surface area contributed by atoms with Gasteiger partial charge in [-0.15, -0.1) is 0 Å². The molecule has 0 radical (unpaired) electrons. The highest BCUT2D eigenvalue weighted by Gasteiger charge is 2.55. The van der Waals surface area contributed by atoms with Crippen LogP contribution >= 0.6 is 0 Å². The van der Waals surface area contributed by atoms with Gasteiger partial charge in [0.25, 0.3) is 5.92 Å². The second-order valence-electron chi connectivity index (χ2n) is 4.82. The first-order valence-corrected chi connectivity index (χ1v) is 5.21. The fourth-order valence-electron chi connectivity index (χ4n) is 2.32. The van der Waals surface area contributed by atoms with Crippen LogP contribution in [-0.4, -0.2) is 11.0 Å². The summed E-state index contributed by atoms with van der Waals surface area (Å²) in [6.45, 7) is 3.48. The van der Waals surface area contributed by atoms with Crippen LogP contribution in [0.1, 0.15) is 29.5 Å². The number of aryl methyl sites for hydroxylation is 2. The summed E-state index contributed by atoms with van der Waals surface area (Å²) in [6, 6.07) is 3.38. The predicted octanol–water partition coefficient (Wildman–Crippen LogP) is 2.59. The first kappa shape index (κ1) is 11.3. The van der Waals surface area contributed by atoms with Crippen molar-refractivity contribution in [1.29, 1.82) is 0 Å². The average Bonchev–Trinajstić information content (AvgIpc) is 2.10. The number of phenols is 1. The third-order valence-electron chi connectivity index (χ3n) is 3.21. The zero-order valence-corrected chi connectivity index (χ0v) is 9.35. The van der Waals surface area contributed by atoms with Gasteiger partial charge in [0.05, 0.1) is 5.54 Å². The van der Waals surface area contributed by atoms with E-state index in [1.165, 1.54) is 0 Å². The van der Waals surface area contributed by atoms with Gasteiger partial charge in [-0.3, -0.25) is 0 Å². The quantitative estimate of drug-likeness (QED) is 0.774. The lowest BCUT2D eigenvalue weighted by Crippen LogP contribution is -2.55. The number of benzene rings is 1. The number of hydrogen-bond acceptors (Lipinski definition) is 2. The van der Waals surface area contributed by atoms with E-state index in [0.29, 0.717) is 16.7 Å². The van der Waals surface area contributed by atoms with Crippen LogP contribution in [0.15, 0.2) is 12.1 Å².